The van der Waals surface area contributed by atoms with Gasteiger partial charge in [-0.15, -0.1) is 47.5 Å². The Morgan fingerprint density at radius 1 is 0.642 bits per heavy atom. The molecule has 3 aromatic heterocycles. The maximum Gasteiger partial charge on any atom is 0.120 e. The Kier molecular flexibility index (Phi) is 9.68. The summed E-state index contributed by atoms with van der Waals surface area (Å²) < 4.78 is 113. The molecule has 0 aliphatic heterocycles. The standard InChI is InChI=1S/C40H38NO.C23H24N.Ir/c1-25-21-29(28-17-19-40(4,5)20-18-28)13-15-31(25)30-14-16-32(26(2)22-30)36-23-37(41-24-27(36)3)35-11-8-10-34-33-9-6-7-12-38(33)42-39(34)35;1-16-11-12-19(13-20(16)18-9-7-6-8-10-18)22-14-21(23(3,4)5)17(2)15-24-22;/h6-10,12-16,21-24,28H,17-20H2,1-5H3;6-11,13-15H,1-5H3;/q2*-1;/i2D3,3D3,28D;1D3,2D3;. The number of rotatable bonds is 6. The summed E-state index contributed by atoms with van der Waals surface area (Å²) in [5, 5.41) is 1.82. The van der Waals surface area contributed by atoms with Crippen molar-refractivity contribution in [1.29, 1.82) is 0 Å². The monoisotopic (exact) mass is 1070 g/mol. The van der Waals surface area contributed by atoms with E-state index in [9.17, 15) is 1.37 Å². The Labute approximate surface area is 430 Å². The zero-order chi connectivity index (χ0) is 57.3. The molecule has 0 bridgehead atoms. The van der Waals surface area contributed by atoms with E-state index >= 15 is 0 Å². The first-order valence-electron chi connectivity index (χ1n) is 29.0. The van der Waals surface area contributed by atoms with Gasteiger partial charge in [-0.05, 0) is 149 Å². The van der Waals surface area contributed by atoms with E-state index in [1.54, 1.807) is 36.4 Å². The largest absolute Gasteiger partial charge is 0.501 e. The van der Waals surface area contributed by atoms with Crippen LogP contribution >= 0.6 is 0 Å². The second-order valence-corrected chi connectivity index (χ2v) is 19.3. The van der Waals surface area contributed by atoms with Crippen LogP contribution in [0.3, 0.4) is 0 Å². The van der Waals surface area contributed by atoms with Crippen LogP contribution in [-0.4, -0.2) is 9.97 Å². The third kappa shape index (κ3) is 10.0. The van der Waals surface area contributed by atoms with E-state index < -0.39 is 38.7 Å². The summed E-state index contributed by atoms with van der Waals surface area (Å²) in [6, 6.07) is 44.9. The van der Waals surface area contributed by atoms with E-state index in [-0.39, 0.29) is 53.3 Å². The van der Waals surface area contributed by atoms with Crippen LogP contribution in [0.1, 0.15) is 123 Å². The maximum atomic E-state index is 9.24. The molecule has 0 atom stereocenters. The van der Waals surface area contributed by atoms with Gasteiger partial charge >= 0.3 is 0 Å². The summed E-state index contributed by atoms with van der Waals surface area (Å²) in [4.78, 5) is 8.93. The van der Waals surface area contributed by atoms with Crippen LogP contribution in [0.5, 0.6) is 0 Å². The molecule has 10 rings (SSSR count). The number of aryl methyl sites for hydroxylation is 5. The van der Waals surface area contributed by atoms with Crippen LogP contribution < -0.4 is 0 Å². The first-order valence-corrected chi connectivity index (χ1v) is 22.5. The minimum absolute atomic E-state index is 0. The van der Waals surface area contributed by atoms with Gasteiger partial charge in [0, 0.05) is 55.7 Å². The third-order valence-corrected chi connectivity index (χ3v) is 13.0. The minimum atomic E-state index is -2.55. The van der Waals surface area contributed by atoms with Gasteiger partial charge in [0.05, 0.1) is 5.58 Å². The average molecular weight is 1070 g/mol. The Bertz CT molecular complexity index is 3730. The molecule has 0 N–H and O–H groups in total. The predicted molar refractivity (Wildman–Crippen MR) is 278 cm³/mol. The summed E-state index contributed by atoms with van der Waals surface area (Å²) in [6.07, 6.45) is 6.33. The van der Waals surface area contributed by atoms with Gasteiger partial charge in [-0.1, -0.05) is 155 Å². The Morgan fingerprint density at radius 2 is 1.36 bits per heavy atom. The van der Waals surface area contributed by atoms with E-state index in [4.69, 9.17) is 20.9 Å². The van der Waals surface area contributed by atoms with Crippen molar-refractivity contribution < 1.29 is 42.3 Å². The molecule has 4 heteroatoms. The van der Waals surface area contributed by atoms with Gasteiger partial charge in [0.1, 0.15) is 5.58 Å². The van der Waals surface area contributed by atoms with Gasteiger partial charge in [-0.2, -0.15) is 0 Å². The van der Waals surface area contributed by atoms with Crippen molar-refractivity contribution in [3.05, 3.63) is 191 Å². The number of aromatic nitrogens is 2. The molecule has 0 saturated heterocycles. The Hall–Kier alpha value is -5.93. The van der Waals surface area contributed by atoms with E-state index in [2.05, 4.69) is 42.0 Å². The summed E-state index contributed by atoms with van der Waals surface area (Å²) in [5.74, 6) is -0.638. The molecule has 341 valence electrons. The quantitative estimate of drug-likeness (QED) is 0.156. The van der Waals surface area contributed by atoms with Crippen molar-refractivity contribution in [3.8, 4) is 55.9 Å². The second-order valence-electron chi connectivity index (χ2n) is 19.3. The van der Waals surface area contributed by atoms with Gasteiger partial charge in [-0.25, -0.2) is 0 Å². The van der Waals surface area contributed by atoms with E-state index in [1.165, 1.54) is 18.5 Å². The molecule has 67 heavy (non-hydrogen) atoms. The number of hydrogen-bond acceptors (Lipinski definition) is 3. The van der Waals surface area contributed by atoms with Crippen LogP contribution in [-0.2, 0) is 25.5 Å². The smallest absolute Gasteiger partial charge is 0.120 e. The Morgan fingerprint density at radius 3 is 2.10 bits per heavy atom. The molecule has 0 spiro atoms. The first-order chi connectivity index (χ1) is 36.8. The van der Waals surface area contributed by atoms with Crippen molar-refractivity contribution >= 4 is 21.9 Å². The summed E-state index contributed by atoms with van der Waals surface area (Å²) >= 11 is 0. The van der Waals surface area contributed by atoms with Gasteiger partial charge in [-0.3, -0.25) is 0 Å². The number of para-hydroxylation sites is 1. The van der Waals surface area contributed by atoms with Crippen LogP contribution in [0, 0.1) is 51.9 Å². The summed E-state index contributed by atoms with van der Waals surface area (Å²) in [7, 11) is 0. The number of pyridine rings is 2. The topological polar surface area (TPSA) is 38.9 Å². The molecule has 3 heterocycles. The van der Waals surface area contributed by atoms with E-state index in [0.29, 0.717) is 55.9 Å². The zero-order valence-corrected chi connectivity index (χ0v) is 41.1. The summed E-state index contributed by atoms with van der Waals surface area (Å²) in [5.41, 5.74) is 9.90. The number of benzene rings is 6. The van der Waals surface area contributed by atoms with Crippen molar-refractivity contribution in [2.45, 2.75) is 106 Å². The molecular formula is C63H62IrN2O-2. The minimum Gasteiger partial charge on any atom is -0.501 e. The molecule has 0 unspecified atom stereocenters. The number of nitrogens with zero attached hydrogens (tertiary/aromatic N) is 2. The molecule has 1 aliphatic carbocycles. The molecule has 3 nitrogen and oxygen atoms in total. The average Bonchev–Trinajstić information content (AvgIpc) is 3.86. The molecule has 1 fully saturated rings. The fourth-order valence-corrected chi connectivity index (χ4v) is 9.09. The molecular weight excluding hydrogens is 993 g/mol. The van der Waals surface area contributed by atoms with Crippen LogP contribution in [0.25, 0.3) is 77.8 Å². The van der Waals surface area contributed by atoms with Gasteiger partial charge in [0.25, 0.3) is 0 Å². The SMILES string of the molecule is [2H]C([2H])([2H])c1c[c-]c(-c2cc(C(C)(C)C)c(C([2H])([2H])[2H])cn2)cc1-c1ccccc1.[2H]C([2H])([2H])c1cnc(-c2[c-]ccc3c2oc2ccccc23)cc1-c1ccc(-c2ccc(C3([2H])CCC(C)(C)CC3)cc2C)cc1C([2H])([2H])[2H].[Ir]. The van der Waals surface area contributed by atoms with Crippen LogP contribution in [0.4, 0.5) is 0 Å². The Balaban J connectivity index is 0.000000233. The third-order valence-electron chi connectivity index (χ3n) is 13.0. The van der Waals surface area contributed by atoms with E-state index in [1.807, 2.05) is 107 Å². The zero-order valence-electron chi connectivity index (χ0n) is 51.7. The van der Waals surface area contributed by atoms with Gasteiger partial charge < -0.3 is 14.4 Å². The maximum absolute atomic E-state index is 9.24. The van der Waals surface area contributed by atoms with Crippen molar-refractivity contribution in [2.75, 3.05) is 0 Å². The molecule has 1 radical (unpaired) electrons. The van der Waals surface area contributed by atoms with Crippen molar-refractivity contribution in [1.82, 2.24) is 9.97 Å². The number of furan rings is 1. The van der Waals surface area contributed by atoms with Crippen molar-refractivity contribution in [3.63, 3.8) is 0 Å². The fourth-order valence-electron chi connectivity index (χ4n) is 9.09. The number of fused-ring (bicyclic) bond motifs is 3. The van der Waals surface area contributed by atoms with Crippen LogP contribution in [0.15, 0.2) is 144 Å². The normalized spacial score (nSPS) is 17.9. The predicted octanol–water partition coefficient (Wildman–Crippen LogP) is 17.5. The molecule has 1 saturated carbocycles. The van der Waals surface area contributed by atoms with Crippen LogP contribution in [0.2, 0.25) is 0 Å². The van der Waals surface area contributed by atoms with Gasteiger partial charge in [0.2, 0.25) is 0 Å². The fraction of sp³-hybridized carbons (Fsp3) is 0.270. The van der Waals surface area contributed by atoms with Crippen molar-refractivity contribution in [2.24, 2.45) is 5.41 Å². The molecule has 0 amide bonds. The second kappa shape index (κ2) is 19.4. The van der Waals surface area contributed by atoms with Gasteiger partial charge in [0.15, 0.2) is 0 Å². The van der Waals surface area contributed by atoms with E-state index in [0.717, 1.165) is 58.7 Å². The molecule has 9 aromatic rings. The molecule has 6 aromatic carbocycles. The number of hydrogen-bond donors (Lipinski definition) is 0. The summed E-state index contributed by atoms with van der Waals surface area (Å²) in [6.45, 7) is 2.76. The first kappa shape index (κ1) is 33.5. The molecule has 1 aliphatic rings.